The molecule has 0 amide bonds. The van der Waals surface area contributed by atoms with Gasteiger partial charge in [-0.2, -0.15) is 0 Å². The molecule has 0 atom stereocenters. The lowest BCUT2D eigenvalue weighted by atomic mass is 10.3. The fourth-order valence-electron chi connectivity index (χ4n) is 1.33. The topological polar surface area (TPSA) is 63.8 Å². The lowest BCUT2D eigenvalue weighted by Crippen LogP contribution is -2.15. The van der Waals surface area contributed by atoms with Gasteiger partial charge in [0.05, 0.1) is 5.69 Å². The second-order valence-electron chi connectivity index (χ2n) is 3.37. The Morgan fingerprint density at radius 2 is 2.06 bits per heavy atom. The summed E-state index contributed by atoms with van der Waals surface area (Å²) >= 11 is 10.7. The van der Waals surface area contributed by atoms with Crippen LogP contribution in [0.1, 0.15) is 5.69 Å². The molecule has 0 aliphatic heterocycles. The number of nitrogens with zero attached hydrogens (tertiary/aromatic N) is 2. The summed E-state index contributed by atoms with van der Waals surface area (Å²) in [4.78, 5) is 8.52. The summed E-state index contributed by atoms with van der Waals surface area (Å²) < 4.78 is 2.08. The molecular weight excluding hydrogens is 427 g/mol. The zero-order valence-corrected chi connectivity index (χ0v) is 13.6. The van der Waals surface area contributed by atoms with Crippen LogP contribution in [0.2, 0.25) is 0 Å². The first-order valence-corrected chi connectivity index (χ1v) is 7.19. The van der Waals surface area contributed by atoms with Gasteiger partial charge in [0.1, 0.15) is 10.7 Å². The highest BCUT2D eigenvalue weighted by Gasteiger charge is 2.09. The predicted octanol–water partition coefficient (Wildman–Crippen LogP) is 3.22. The van der Waals surface area contributed by atoms with Crippen molar-refractivity contribution >= 4 is 67.2 Å². The van der Waals surface area contributed by atoms with Crippen LogP contribution >= 0.6 is 50.7 Å². The van der Waals surface area contributed by atoms with Gasteiger partial charge in [0.15, 0.2) is 5.82 Å². The van der Waals surface area contributed by atoms with E-state index in [1.165, 1.54) is 0 Å². The summed E-state index contributed by atoms with van der Waals surface area (Å²) in [5, 5.41) is 3.16. The Kier molecular flexibility index (Phi) is 4.46. The SMILES string of the molecule is NC(=S)c1nccnc1Nc1ccc(I)cc1Br. The molecule has 0 aliphatic rings. The Morgan fingerprint density at radius 3 is 2.72 bits per heavy atom. The van der Waals surface area contributed by atoms with Gasteiger partial charge < -0.3 is 11.1 Å². The van der Waals surface area contributed by atoms with Crippen LogP contribution in [0.3, 0.4) is 0 Å². The van der Waals surface area contributed by atoms with Crippen molar-refractivity contribution in [1.29, 1.82) is 0 Å². The molecule has 18 heavy (non-hydrogen) atoms. The molecule has 1 aromatic carbocycles. The van der Waals surface area contributed by atoms with E-state index in [4.69, 9.17) is 18.0 Å². The molecule has 0 saturated heterocycles. The molecule has 0 fully saturated rings. The van der Waals surface area contributed by atoms with Crippen molar-refractivity contribution < 1.29 is 0 Å². The van der Waals surface area contributed by atoms with Gasteiger partial charge in [-0.25, -0.2) is 9.97 Å². The lowest BCUT2D eigenvalue weighted by molar-refractivity contribution is 1.18. The molecule has 92 valence electrons. The van der Waals surface area contributed by atoms with Gasteiger partial charge in [0.25, 0.3) is 0 Å². The summed E-state index contributed by atoms with van der Waals surface area (Å²) in [6.45, 7) is 0. The van der Waals surface area contributed by atoms with E-state index in [2.05, 4.69) is 53.8 Å². The quantitative estimate of drug-likeness (QED) is 0.573. The Bertz CT molecular complexity index is 605. The maximum atomic E-state index is 5.61. The molecule has 7 heteroatoms. The smallest absolute Gasteiger partial charge is 0.159 e. The van der Waals surface area contributed by atoms with Crippen LogP contribution in [-0.2, 0) is 0 Å². The highest BCUT2D eigenvalue weighted by atomic mass is 127. The van der Waals surface area contributed by atoms with Crippen LogP contribution in [0.15, 0.2) is 35.1 Å². The first-order valence-electron chi connectivity index (χ1n) is 4.91. The monoisotopic (exact) mass is 434 g/mol. The van der Waals surface area contributed by atoms with E-state index in [1.807, 2.05) is 18.2 Å². The Hall–Kier alpha value is -0.800. The van der Waals surface area contributed by atoms with E-state index in [1.54, 1.807) is 12.4 Å². The molecule has 0 spiro atoms. The van der Waals surface area contributed by atoms with Crippen molar-refractivity contribution in [3.63, 3.8) is 0 Å². The summed E-state index contributed by atoms with van der Waals surface area (Å²) in [5.74, 6) is 0.548. The van der Waals surface area contributed by atoms with Gasteiger partial charge in [-0.1, -0.05) is 12.2 Å². The number of nitrogens with two attached hydrogens (primary N) is 1. The maximum Gasteiger partial charge on any atom is 0.159 e. The number of nitrogens with one attached hydrogen (secondary N) is 1. The molecule has 3 N–H and O–H groups in total. The average molecular weight is 435 g/mol. The molecule has 2 aromatic rings. The van der Waals surface area contributed by atoms with Crippen LogP contribution in [-0.4, -0.2) is 15.0 Å². The van der Waals surface area contributed by atoms with Gasteiger partial charge in [-0.3, -0.25) is 0 Å². The Balaban J connectivity index is 2.37. The number of aromatic nitrogens is 2. The van der Waals surface area contributed by atoms with Crippen molar-refractivity contribution in [1.82, 2.24) is 9.97 Å². The minimum Gasteiger partial charge on any atom is -0.388 e. The molecule has 0 bridgehead atoms. The summed E-state index contributed by atoms with van der Waals surface area (Å²) in [7, 11) is 0. The molecule has 0 unspecified atom stereocenters. The minimum absolute atomic E-state index is 0.215. The average Bonchev–Trinajstić information content (AvgIpc) is 2.33. The maximum absolute atomic E-state index is 5.61. The van der Waals surface area contributed by atoms with Gasteiger partial charge in [0, 0.05) is 20.4 Å². The molecule has 4 nitrogen and oxygen atoms in total. The summed E-state index contributed by atoms with van der Waals surface area (Å²) in [6, 6.07) is 5.94. The van der Waals surface area contributed by atoms with E-state index in [9.17, 15) is 0 Å². The number of thiocarbonyl (C=S) groups is 1. The first kappa shape index (κ1) is 13.6. The second-order valence-corrected chi connectivity index (χ2v) is 5.91. The van der Waals surface area contributed by atoms with Crippen LogP contribution in [0, 0.1) is 3.57 Å². The fraction of sp³-hybridized carbons (Fsp3) is 0. The lowest BCUT2D eigenvalue weighted by Gasteiger charge is -2.10. The van der Waals surface area contributed by atoms with Crippen LogP contribution in [0.5, 0.6) is 0 Å². The van der Waals surface area contributed by atoms with E-state index in [-0.39, 0.29) is 4.99 Å². The zero-order chi connectivity index (χ0) is 13.1. The van der Waals surface area contributed by atoms with E-state index in [0.29, 0.717) is 11.5 Å². The molecule has 1 aromatic heterocycles. The van der Waals surface area contributed by atoms with Crippen molar-refractivity contribution in [2.24, 2.45) is 5.73 Å². The number of hydrogen-bond acceptors (Lipinski definition) is 4. The standard InChI is InChI=1S/C11H8BrIN4S/c12-7-5-6(13)1-2-8(7)17-11-9(10(14)18)15-3-4-16-11/h1-5H,(H2,14,18)(H,16,17). The first-order chi connectivity index (χ1) is 8.58. The third-order valence-electron chi connectivity index (χ3n) is 2.12. The summed E-state index contributed by atoms with van der Waals surface area (Å²) in [5.41, 5.74) is 6.97. The zero-order valence-electron chi connectivity index (χ0n) is 9.02. The summed E-state index contributed by atoms with van der Waals surface area (Å²) in [6.07, 6.45) is 3.15. The predicted molar refractivity (Wildman–Crippen MR) is 88.1 cm³/mol. The van der Waals surface area contributed by atoms with Crippen molar-refractivity contribution in [2.45, 2.75) is 0 Å². The van der Waals surface area contributed by atoms with Crippen molar-refractivity contribution in [3.8, 4) is 0 Å². The van der Waals surface area contributed by atoms with Gasteiger partial charge in [-0.05, 0) is 56.7 Å². The van der Waals surface area contributed by atoms with Gasteiger partial charge in [0.2, 0.25) is 0 Å². The molecular formula is C11H8BrIN4S. The largest absolute Gasteiger partial charge is 0.388 e. The molecule has 2 rings (SSSR count). The number of hydrogen-bond donors (Lipinski definition) is 2. The van der Waals surface area contributed by atoms with E-state index >= 15 is 0 Å². The molecule has 0 aliphatic carbocycles. The third kappa shape index (κ3) is 3.15. The minimum atomic E-state index is 0.215. The highest BCUT2D eigenvalue weighted by Crippen LogP contribution is 2.27. The normalized spacial score (nSPS) is 10.1. The van der Waals surface area contributed by atoms with E-state index < -0.39 is 0 Å². The van der Waals surface area contributed by atoms with Crippen molar-refractivity contribution in [3.05, 3.63) is 44.3 Å². The van der Waals surface area contributed by atoms with Gasteiger partial charge in [-0.15, -0.1) is 0 Å². The highest BCUT2D eigenvalue weighted by molar-refractivity contribution is 14.1. The third-order valence-corrected chi connectivity index (χ3v) is 3.64. The second kappa shape index (κ2) is 5.89. The van der Waals surface area contributed by atoms with Crippen molar-refractivity contribution in [2.75, 3.05) is 5.32 Å². The van der Waals surface area contributed by atoms with Crippen LogP contribution in [0.25, 0.3) is 0 Å². The number of benzene rings is 1. The van der Waals surface area contributed by atoms with E-state index in [0.717, 1.165) is 13.7 Å². The number of rotatable bonds is 3. The molecule has 0 radical (unpaired) electrons. The molecule has 0 saturated carbocycles. The van der Waals surface area contributed by atoms with Gasteiger partial charge >= 0.3 is 0 Å². The number of halogens is 2. The number of anilines is 2. The molecule has 1 heterocycles. The van der Waals surface area contributed by atoms with Crippen LogP contribution < -0.4 is 11.1 Å². The van der Waals surface area contributed by atoms with Crippen LogP contribution in [0.4, 0.5) is 11.5 Å². The fourth-order valence-corrected chi connectivity index (χ4v) is 2.87. The Morgan fingerprint density at radius 1 is 1.33 bits per heavy atom. The Labute approximate surface area is 132 Å².